The number of ether oxygens (including phenoxy) is 1. The van der Waals surface area contributed by atoms with E-state index in [1.54, 1.807) is 0 Å². The molecule has 15 heavy (non-hydrogen) atoms. The van der Waals surface area contributed by atoms with Crippen LogP contribution in [0.5, 0.6) is 0 Å². The summed E-state index contributed by atoms with van der Waals surface area (Å²) >= 11 is 0. The van der Waals surface area contributed by atoms with Crippen LogP contribution >= 0.6 is 0 Å². The molecule has 0 aliphatic carbocycles. The first kappa shape index (κ1) is 14.9. The Morgan fingerprint density at radius 1 is 1.13 bits per heavy atom. The highest BCUT2D eigenvalue weighted by atomic mass is 16.5. The zero-order chi connectivity index (χ0) is 11.7. The van der Waals surface area contributed by atoms with Gasteiger partial charge in [0.1, 0.15) is 0 Å². The molecule has 0 fully saturated rings. The molecule has 0 heterocycles. The molecule has 0 aromatic carbocycles. The van der Waals surface area contributed by atoms with Crippen molar-refractivity contribution in [3.05, 3.63) is 0 Å². The highest BCUT2D eigenvalue weighted by molar-refractivity contribution is 4.75. The van der Waals surface area contributed by atoms with Crippen LogP contribution < -0.4 is 5.32 Å². The molecule has 0 saturated heterocycles. The van der Waals surface area contributed by atoms with Crippen LogP contribution in [-0.2, 0) is 4.74 Å². The van der Waals surface area contributed by atoms with E-state index in [0.29, 0.717) is 0 Å². The summed E-state index contributed by atoms with van der Waals surface area (Å²) in [4.78, 5) is 2.20. The fraction of sp³-hybridized carbons (Fsp3) is 1.00. The van der Waals surface area contributed by atoms with E-state index >= 15 is 0 Å². The van der Waals surface area contributed by atoms with Gasteiger partial charge >= 0.3 is 0 Å². The summed E-state index contributed by atoms with van der Waals surface area (Å²) in [6, 6.07) is 0. The van der Waals surface area contributed by atoms with Crippen LogP contribution in [0.15, 0.2) is 0 Å². The lowest BCUT2D eigenvalue weighted by Crippen LogP contribution is -2.42. The van der Waals surface area contributed by atoms with Crippen molar-refractivity contribution >= 4 is 0 Å². The molecule has 0 bridgehead atoms. The molecule has 1 N–H and O–H groups in total. The molecule has 0 atom stereocenters. The Balaban J connectivity index is 3.31. The first-order valence-corrected chi connectivity index (χ1v) is 5.90. The average Bonchev–Trinajstić information content (AvgIpc) is 2.16. The number of hydrogen-bond donors (Lipinski definition) is 1. The van der Waals surface area contributed by atoms with Crippen molar-refractivity contribution in [2.45, 2.75) is 38.6 Å². The van der Waals surface area contributed by atoms with Gasteiger partial charge in [-0.3, -0.25) is 0 Å². The Morgan fingerprint density at radius 3 is 2.33 bits per heavy atom. The number of hydrogen-bond acceptors (Lipinski definition) is 3. The number of nitrogens with one attached hydrogen (secondary N) is 1. The van der Waals surface area contributed by atoms with Crippen LogP contribution in [0.1, 0.15) is 33.1 Å². The predicted molar refractivity (Wildman–Crippen MR) is 66.4 cm³/mol. The van der Waals surface area contributed by atoms with Gasteiger partial charge in [0.25, 0.3) is 0 Å². The molecule has 0 aromatic rings. The minimum Gasteiger partial charge on any atom is -0.380 e. The zero-order valence-electron chi connectivity index (χ0n) is 11.1. The van der Waals surface area contributed by atoms with E-state index in [2.05, 4.69) is 38.2 Å². The van der Waals surface area contributed by atoms with Crippen LogP contribution in [0.2, 0.25) is 0 Å². The number of nitrogens with zero attached hydrogens (tertiary/aromatic N) is 1. The molecule has 0 unspecified atom stereocenters. The summed E-state index contributed by atoms with van der Waals surface area (Å²) in [6.45, 7) is 7.22. The van der Waals surface area contributed by atoms with Crippen LogP contribution in [0, 0.1) is 0 Å². The fourth-order valence-electron chi connectivity index (χ4n) is 1.13. The van der Waals surface area contributed by atoms with E-state index in [4.69, 9.17) is 4.74 Å². The maximum atomic E-state index is 5.68. The van der Waals surface area contributed by atoms with Gasteiger partial charge in [0.15, 0.2) is 0 Å². The molecule has 3 heteroatoms. The lowest BCUT2D eigenvalue weighted by atomic mass is 10.1. The number of likely N-dealkylation sites (N-methyl/N-ethyl adjacent to an activating group) is 1. The van der Waals surface area contributed by atoms with Crippen molar-refractivity contribution in [3.63, 3.8) is 0 Å². The van der Waals surface area contributed by atoms with Crippen LogP contribution in [0.25, 0.3) is 0 Å². The van der Waals surface area contributed by atoms with Crippen molar-refractivity contribution in [1.29, 1.82) is 0 Å². The smallest absolute Gasteiger partial charge is 0.0644 e. The second kappa shape index (κ2) is 8.08. The van der Waals surface area contributed by atoms with Gasteiger partial charge in [-0.05, 0) is 60.8 Å². The van der Waals surface area contributed by atoms with Crippen LogP contribution in [0.3, 0.4) is 0 Å². The van der Waals surface area contributed by atoms with E-state index in [0.717, 1.165) is 19.8 Å². The van der Waals surface area contributed by atoms with Crippen LogP contribution in [0.4, 0.5) is 0 Å². The van der Waals surface area contributed by atoms with E-state index in [-0.39, 0.29) is 5.54 Å². The van der Waals surface area contributed by atoms with Gasteiger partial charge in [-0.15, -0.1) is 0 Å². The van der Waals surface area contributed by atoms with Gasteiger partial charge in [-0.25, -0.2) is 0 Å². The molecule has 0 aliphatic heterocycles. The molecule has 0 spiro atoms. The van der Waals surface area contributed by atoms with Crippen molar-refractivity contribution in [2.24, 2.45) is 0 Å². The number of rotatable bonds is 9. The summed E-state index contributed by atoms with van der Waals surface area (Å²) < 4.78 is 5.68. The van der Waals surface area contributed by atoms with E-state index in [9.17, 15) is 0 Å². The van der Waals surface area contributed by atoms with Gasteiger partial charge in [0, 0.05) is 12.1 Å². The first-order valence-electron chi connectivity index (χ1n) is 5.90. The Bertz CT molecular complexity index is 147. The van der Waals surface area contributed by atoms with E-state index < -0.39 is 0 Å². The summed E-state index contributed by atoms with van der Waals surface area (Å²) in [6.07, 6.45) is 3.67. The van der Waals surface area contributed by atoms with Crippen molar-refractivity contribution in [2.75, 3.05) is 40.9 Å². The summed E-state index contributed by atoms with van der Waals surface area (Å²) in [7, 11) is 6.18. The normalized spacial score (nSPS) is 12.4. The second-order valence-corrected chi connectivity index (χ2v) is 4.92. The summed E-state index contributed by atoms with van der Waals surface area (Å²) in [5.41, 5.74) is 0.144. The maximum Gasteiger partial charge on any atom is 0.0644 e. The molecule has 3 nitrogen and oxygen atoms in total. The highest BCUT2D eigenvalue weighted by Crippen LogP contribution is 2.10. The quantitative estimate of drug-likeness (QED) is 0.594. The lowest BCUT2D eigenvalue weighted by molar-refractivity contribution is 0.0345. The fourth-order valence-corrected chi connectivity index (χ4v) is 1.13. The minimum absolute atomic E-state index is 0.144. The molecular formula is C12H28N2O. The minimum atomic E-state index is 0.144. The first-order chi connectivity index (χ1) is 7.00. The molecule has 92 valence electrons. The average molecular weight is 216 g/mol. The van der Waals surface area contributed by atoms with Gasteiger partial charge in [-0.1, -0.05) is 0 Å². The summed E-state index contributed by atoms with van der Waals surface area (Å²) in [5.74, 6) is 0. The summed E-state index contributed by atoms with van der Waals surface area (Å²) in [5, 5.41) is 3.15. The largest absolute Gasteiger partial charge is 0.380 e. The van der Waals surface area contributed by atoms with Crippen molar-refractivity contribution < 1.29 is 4.74 Å². The molecule has 0 saturated carbocycles. The van der Waals surface area contributed by atoms with Crippen molar-refractivity contribution in [3.8, 4) is 0 Å². The SMILES string of the molecule is CNCCCCCOCC(C)(C)N(C)C. The Kier molecular flexibility index (Phi) is 8.02. The standard InChI is InChI=1S/C12H28N2O/c1-12(2,14(4)5)11-15-10-8-6-7-9-13-3/h13H,6-11H2,1-5H3. The van der Waals surface area contributed by atoms with Crippen molar-refractivity contribution in [1.82, 2.24) is 10.2 Å². The zero-order valence-corrected chi connectivity index (χ0v) is 11.1. The van der Waals surface area contributed by atoms with Crippen LogP contribution in [-0.4, -0.2) is 51.3 Å². The third-order valence-electron chi connectivity index (χ3n) is 2.88. The topological polar surface area (TPSA) is 24.5 Å². The van der Waals surface area contributed by atoms with Gasteiger partial charge in [0.05, 0.1) is 6.61 Å². The molecule has 0 radical (unpaired) electrons. The molecule has 0 aromatic heterocycles. The molecule has 0 aliphatic rings. The maximum absolute atomic E-state index is 5.68. The van der Waals surface area contributed by atoms with Gasteiger partial charge in [0.2, 0.25) is 0 Å². The highest BCUT2D eigenvalue weighted by Gasteiger charge is 2.19. The Morgan fingerprint density at radius 2 is 1.80 bits per heavy atom. The van der Waals surface area contributed by atoms with Gasteiger partial charge in [-0.2, -0.15) is 0 Å². The van der Waals surface area contributed by atoms with E-state index in [1.165, 1.54) is 19.3 Å². The van der Waals surface area contributed by atoms with Gasteiger partial charge < -0.3 is 15.0 Å². The second-order valence-electron chi connectivity index (χ2n) is 4.92. The van der Waals surface area contributed by atoms with E-state index in [1.807, 2.05) is 7.05 Å². The Hall–Kier alpha value is -0.120. The molecule has 0 rings (SSSR count). The number of unbranched alkanes of at least 4 members (excludes halogenated alkanes) is 2. The molecule has 0 amide bonds. The Labute approximate surface area is 95.2 Å². The lowest BCUT2D eigenvalue weighted by Gasteiger charge is -2.32. The monoisotopic (exact) mass is 216 g/mol. The molecular weight excluding hydrogens is 188 g/mol. The predicted octanol–water partition coefficient (Wildman–Crippen LogP) is 1.73. The third-order valence-corrected chi connectivity index (χ3v) is 2.88. The third kappa shape index (κ3) is 7.77.